The van der Waals surface area contributed by atoms with Gasteiger partial charge in [0, 0.05) is 36.1 Å². The number of para-hydroxylation sites is 1. The van der Waals surface area contributed by atoms with Gasteiger partial charge in [0.15, 0.2) is 0 Å². The number of fused-ring (bicyclic) bond motifs is 5. The van der Waals surface area contributed by atoms with Crippen LogP contribution in [0.3, 0.4) is 0 Å². The predicted molar refractivity (Wildman–Crippen MR) is 209 cm³/mol. The van der Waals surface area contributed by atoms with Gasteiger partial charge in [0.1, 0.15) is 35.1 Å². The van der Waals surface area contributed by atoms with Gasteiger partial charge in [-0.15, -0.1) is 0 Å². The maximum absolute atomic E-state index is 14.9. The first kappa shape index (κ1) is 40.4. The molecule has 0 radical (unpaired) electrons. The second-order valence-corrected chi connectivity index (χ2v) is 19.9. The summed E-state index contributed by atoms with van der Waals surface area (Å²) in [5.41, 5.74) is -0.112. The SMILES string of the molecule is Cc1nc2ccccc2c2c1O[C@]1(CC2)C[C@H]2C(=O)N[C@]3(C(=O)NS(=O)(=O)C4(C)CC4)CC[C@H]3/C=C\CCCCC[C@H](NC(=O)OC3CCC(F)(F)CC3)C(=O)N2C1. The van der Waals surface area contributed by atoms with Gasteiger partial charge in [0.2, 0.25) is 27.8 Å². The molecule has 3 aliphatic heterocycles. The molecule has 16 heteroatoms. The van der Waals surface area contributed by atoms with Gasteiger partial charge in [-0.1, -0.05) is 43.2 Å². The van der Waals surface area contributed by atoms with Gasteiger partial charge < -0.3 is 25.0 Å². The number of rotatable bonds is 5. The number of alkyl carbamates (subject to hydrolysis) is 1. The lowest BCUT2D eigenvalue weighted by molar-refractivity contribution is -0.144. The second kappa shape index (κ2) is 15.0. The molecule has 1 aromatic carbocycles. The van der Waals surface area contributed by atoms with Crippen LogP contribution >= 0.6 is 0 Å². The van der Waals surface area contributed by atoms with Crippen molar-refractivity contribution in [3.05, 3.63) is 47.7 Å². The van der Waals surface area contributed by atoms with Crippen LogP contribution < -0.4 is 20.1 Å². The van der Waals surface area contributed by atoms with Gasteiger partial charge in [-0.2, -0.15) is 0 Å². The normalized spacial score (nSPS) is 31.5. The Morgan fingerprint density at radius 1 is 1.00 bits per heavy atom. The fraction of sp³-hybridized carbons (Fsp3) is 0.643. The molecule has 6 aliphatic rings. The Balaban J connectivity index is 1.11. The third kappa shape index (κ3) is 7.65. The van der Waals surface area contributed by atoms with Crippen LogP contribution in [0.2, 0.25) is 0 Å². The molecule has 2 aromatic rings. The molecule has 58 heavy (non-hydrogen) atoms. The Morgan fingerprint density at radius 3 is 2.48 bits per heavy atom. The number of nitrogens with one attached hydrogen (secondary N) is 3. The predicted octanol–water partition coefficient (Wildman–Crippen LogP) is 5.66. The highest BCUT2D eigenvalue weighted by Gasteiger charge is 2.59. The molecule has 4 amide bonds. The van der Waals surface area contributed by atoms with Crippen LogP contribution in [0.5, 0.6) is 5.75 Å². The van der Waals surface area contributed by atoms with Crippen LogP contribution in [-0.2, 0) is 35.6 Å². The molecule has 1 saturated heterocycles. The smallest absolute Gasteiger partial charge is 0.408 e. The van der Waals surface area contributed by atoms with Gasteiger partial charge in [0.05, 0.1) is 22.5 Å². The van der Waals surface area contributed by atoms with Crippen molar-refractivity contribution in [3.63, 3.8) is 0 Å². The minimum atomic E-state index is -4.03. The third-order valence-corrected chi connectivity index (χ3v) is 15.7. The van der Waals surface area contributed by atoms with Crippen molar-refractivity contribution in [1.82, 2.24) is 25.2 Å². The van der Waals surface area contributed by atoms with Gasteiger partial charge in [-0.05, 0) is 90.5 Å². The van der Waals surface area contributed by atoms with Crippen molar-refractivity contribution in [1.29, 1.82) is 0 Å². The number of amides is 4. The standard InChI is InChI=1S/C42H53F2N5O8S/c1-26-34-30(29-11-8-9-12-31(29)45-26)17-18-40(57-34)24-33-35(50)47-42(37(52)48-58(54,55)39(2)22-23-39)21-14-27(42)10-6-4-3-5-7-13-32(36(51)49(33)25-40)46-38(53)56-28-15-19-41(43,44)20-16-28/h6,8-12,27-28,32-33H,3-5,7,13-25H2,1-2H3,(H,46,53)(H,47,50)(H,48,52)/b10-6-/t27-,32+,33+,40-,42-/m1/s1. The maximum Gasteiger partial charge on any atom is 0.408 e. The van der Waals surface area contributed by atoms with E-state index in [2.05, 4.69) is 15.4 Å². The monoisotopic (exact) mass is 825 g/mol. The lowest BCUT2D eigenvalue weighted by atomic mass is 9.65. The van der Waals surface area contributed by atoms with Crippen molar-refractivity contribution in [2.24, 2.45) is 5.92 Å². The highest BCUT2D eigenvalue weighted by Crippen LogP contribution is 2.47. The number of pyridine rings is 1. The van der Waals surface area contributed by atoms with E-state index in [1.165, 1.54) is 4.90 Å². The highest BCUT2D eigenvalue weighted by atomic mass is 32.2. The van der Waals surface area contributed by atoms with Crippen LogP contribution in [0.1, 0.15) is 114 Å². The molecule has 1 aromatic heterocycles. The quantitative estimate of drug-likeness (QED) is 0.322. The largest absolute Gasteiger partial charge is 0.483 e. The molecule has 0 bridgehead atoms. The third-order valence-electron chi connectivity index (χ3n) is 13.6. The molecule has 3 aliphatic carbocycles. The molecule has 8 rings (SSSR count). The topological polar surface area (TPSA) is 173 Å². The molecule has 4 heterocycles. The van der Waals surface area contributed by atoms with Crippen LogP contribution in [0.25, 0.3) is 10.9 Å². The Hall–Kier alpha value is -4.34. The first-order valence-electron chi connectivity index (χ1n) is 20.8. The molecule has 0 unspecified atom stereocenters. The number of carbonyl (C=O) groups excluding carboxylic acids is 4. The fourth-order valence-corrected chi connectivity index (χ4v) is 10.8. The number of hydrogen-bond acceptors (Lipinski definition) is 9. The number of hydrogen-bond donors (Lipinski definition) is 3. The molecule has 3 saturated carbocycles. The zero-order valence-electron chi connectivity index (χ0n) is 33.1. The molecule has 1 spiro atoms. The van der Waals surface area contributed by atoms with Gasteiger partial charge in [-0.3, -0.25) is 19.1 Å². The Labute approximate surface area is 337 Å². The Morgan fingerprint density at radius 2 is 1.76 bits per heavy atom. The number of sulfonamides is 1. The summed E-state index contributed by atoms with van der Waals surface area (Å²) in [6, 6.07) is 5.53. The molecule has 4 fully saturated rings. The van der Waals surface area contributed by atoms with Gasteiger partial charge in [0.25, 0.3) is 5.91 Å². The number of aromatic nitrogens is 1. The van der Waals surface area contributed by atoms with Crippen molar-refractivity contribution in [3.8, 4) is 5.75 Å². The first-order chi connectivity index (χ1) is 27.5. The van der Waals surface area contributed by atoms with E-state index in [0.717, 1.165) is 22.9 Å². The molecule has 13 nitrogen and oxygen atoms in total. The summed E-state index contributed by atoms with van der Waals surface area (Å²) in [5, 5.41) is 6.66. The van der Waals surface area contributed by atoms with E-state index in [4.69, 9.17) is 14.5 Å². The van der Waals surface area contributed by atoms with E-state index in [9.17, 15) is 36.4 Å². The van der Waals surface area contributed by atoms with Crippen molar-refractivity contribution in [2.45, 2.75) is 157 Å². The number of nitrogens with zero attached hydrogens (tertiary/aromatic N) is 2. The van der Waals surface area contributed by atoms with Gasteiger partial charge >= 0.3 is 6.09 Å². The molecular formula is C42H53F2N5O8S. The van der Waals surface area contributed by atoms with Crippen molar-refractivity contribution < 1.29 is 45.9 Å². The number of halogens is 2. The van der Waals surface area contributed by atoms with E-state index in [0.29, 0.717) is 62.8 Å². The molecule has 3 N–H and O–H groups in total. The fourth-order valence-electron chi connectivity index (χ4n) is 9.47. The van der Waals surface area contributed by atoms with Crippen LogP contribution in [0, 0.1) is 12.8 Å². The number of carbonyl (C=O) groups is 4. The summed E-state index contributed by atoms with van der Waals surface area (Å²) in [4.78, 5) is 63.4. The maximum atomic E-state index is 14.9. The molecule has 5 atom stereocenters. The van der Waals surface area contributed by atoms with Crippen LogP contribution in [0.15, 0.2) is 36.4 Å². The minimum absolute atomic E-state index is 0.00266. The average Bonchev–Trinajstić information content (AvgIpc) is 3.84. The number of benzene rings is 1. The average molecular weight is 826 g/mol. The van der Waals surface area contributed by atoms with E-state index in [1.807, 2.05) is 43.3 Å². The summed E-state index contributed by atoms with van der Waals surface area (Å²) in [6.07, 6.45) is 7.05. The highest BCUT2D eigenvalue weighted by molar-refractivity contribution is 7.91. The van der Waals surface area contributed by atoms with E-state index < -0.39 is 92.6 Å². The van der Waals surface area contributed by atoms with E-state index in [-0.39, 0.29) is 38.6 Å². The Kier molecular flexibility index (Phi) is 10.5. The number of allylic oxidation sites excluding steroid dienone is 1. The minimum Gasteiger partial charge on any atom is -0.483 e. The van der Waals surface area contributed by atoms with Crippen LogP contribution in [0.4, 0.5) is 13.6 Å². The van der Waals surface area contributed by atoms with E-state index in [1.54, 1.807) is 6.92 Å². The number of ether oxygens (including phenoxy) is 2. The lowest BCUT2D eigenvalue weighted by Gasteiger charge is -2.48. The molecule has 314 valence electrons. The summed E-state index contributed by atoms with van der Waals surface area (Å²) in [5.74, 6) is -4.66. The number of alkyl halides is 2. The first-order valence-corrected chi connectivity index (χ1v) is 22.3. The van der Waals surface area contributed by atoms with Crippen LogP contribution in [-0.4, -0.2) is 88.7 Å². The Bertz CT molecular complexity index is 2140. The second-order valence-electron chi connectivity index (χ2n) is 17.7. The van der Waals surface area contributed by atoms with E-state index >= 15 is 0 Å². The lowest BCUT2D eigenvalue weighted by Crippen LogP contribution is -2.70. The summed E-state index contributed by atoms with van der Waals surface area (Å²) in [6.45, 7) is 3.44. The van der Waals surface area contributed by atoms with Crippen molar-refractivity contribution >= 4 is 44.7 Å². The zero-order valence-corrected chi connectivity index (χ0v) is 33.9. The number of aryl methyl sites for hydroxylation is 2. The summed E-state index contributed by atoms with van der Waals surface area (Å²) < 4.78 is 68.0. The van der Waals surface area contributed by atoms with Gasteiger partial charge in [-0.25, -0.2) is 27.0 Å². The summed E-state index contributed by atoms with van der Waals surface area (Å²) in [7, 11) is -4.03. The summed E-state index contributed by atoms with van der Waals surface area (Å²) >= 11 is 0. The van der Waals surface area contributed by atoms with Crippen molar-refractivity contribution in [2.75, 3.05) is 6.54 Å². The zero-order chi connectivity index (χ0) is 41.1. The molecular weight excluding hydrogens is 773 g/mol.